The van der Waals surface area contributed by atoms with Gasteiger partial charge in [0.05, 0.1) is 0 Å². The molecule has 0 fully saturated rings. The van der Waals surface area contributed by atoms with Crippen molar-refractivity contribution in [1.82, 2.24) is 0 Å². The van der Waals surface area contributed by atoms with E-state index >= 15 is 0 Å². The summed E-state index contributed by atoms with van der Waals surface area (Å²) in [6.45, 7) is 0. The SMILES string of the molecule is NC1c2ccccc2C(=O)N1c1ccccc1. The molecule has 1 heterocycles. The molecular weight excluding hydrogens is 212 g/mol. The minimum atomic E-state index is -0.388. The van der Waals surface area contributed by atoms with E-state index < -0.39 is 0 Å². The maximum Gasteiger partial charge on any atom is 0.260 e. The van der Waals surface area contributed by atoms with E-state index in [0.29, 0.717) is 5.56 Å². The molecule has 3 heteroatoms. The fraction of sp³-hybridized carbons (Fsp3) is 0.0714. The van der Waals surface area contributed by atoms with Gasteiger partial charge in [-0.25, -0.2) is 0 Å². The first-order chi connectivity index (χ1) is 8.29. The fourth-order valence-electron chi connectivity index (χ4n) is 2.21. The molecule has 84 valence electrons. The van der Waals surface area contributed by atoms with Crippen LogP contribution in [0.25, 0.3) is 0 Å². The van der Waals surface area contributed by atoms with E-state index in [4.69, 9.17) is 5.73 Å². The minimum Gasteiger partial charge on any atom is -0.307 e. The third kappa shape index (κ3) is 1.44. The molecule has 3 rings (SSSR count). The van der Waals surface area contributed by atoms with E-state index in [2.05, 4.69) is 0 Å². The second-order valence-corrected chi connectivity index (χ2v) is 4.04. The van der Waals surface area contributed by atoms with Crippen LogP contribution in [0.2, 0.25) is 0 Å². The first kappa shape index (κ1) is 10.1. The van der Waals surface area contributed by atoms with Crippen molar-refractivity contribution in [2.75, 3.05) is 4.90 Å². The molecule has 1 atom stereocenters. The van der Waals surface area contributed by atoms with Crippen molar-refractivity contribution < 1.29 is 4.79 Å². The van der Waals surface area contributed by atoms with Gasteiger partial charge in [-0.1, -0.05) is 36.4 Å². The number of nitrogens with two attached hydrogens (primary N) is 1. The molecule has 0 bridgehead atoms. The average molecular weight is 224 g/mol. The van der Waals surface area contributed by atoms with Crippen LogP contribution in [0.1, 0.15) is 22.1 Å². The summed E-state index contributed by atoms with van der Waals surface area (Å²) in [5.41, 5.74) is 8.54. The highest BCUT2D eigenvalue weighted by Crippen LogP contribution is 2.33. The molecule has 1 aliphatic heterocycles. The topological polar surface area (TPSA) is 46.3 Å². The second-order valence-electron chi connectivity index (χ2n) is 4.04. The highest BCUT2D eigenvalue weighted by atomic mass is 16.2. The van der Waals surface area contributed by atoms with Crippen LogP contribution in [-0.4, -0.2) is 5.91 Å². The Morgan fingerprint density at radius 1 is 0.941 bits per heavy atom. The van der Waals surface area contributed by atoms with Crippen LogP contribution in [0.4, 0.5) is 5.69 Å². The van der Waals surface area contributed by atoms with E-state index in [1.54, 1.807) is 4.90 Å². The molecule has 17 heavy (non-hydrogen) atoms. The normalized spacial score (nSPS) is 18.3. The number of nitrogens with zero attached hydrogens (tertiary/aromatic N) is 1. The number of carbonyl (C=O) groups is 1. The first-order valence-corrected chi connectivity index (χ1v) is 5.52. The first-order valence-electron chi connectivity index (χ1n) is 5.52. The lowest BCUT2D eigenvalue weighted by Crippen LogP contribution is -2.32. The number of benzene rings is 2. The summed E-state index contributed by atoms with van der Waals surface area (Å²) in [6, 6.07) is 17.0. The van der Waals surface area contributed by atoms with Crippen molar-refractivity contribution in [3.63, 3.8) is 0 Å². The van der Waals surface area contributed by atoms with Crippen LogP contribution in [0.5, 0.6) is 0 Å². The van der Waals surface area contributed by atoms with Gasteiger partial charge in [0.15, 0.2) is 0 Å². The molecule has 3 nitrogen and oxygen atoms in total. The second kappa shape index (κ2) is 3.71. The quantitative estimate of drug-likeness (QED) is 0.807. The zero-order valence-corrected chi connectivity index (χ0v) is 9.21. The van der Waals surface area contributed by atoms with E-state index in [0.717, 1.165) is 11.3 Å². The Morgan fingerprint density at radius 3 is 2.29 bits per heavy atom. The largest absolute Gasteiger partial charge is 0.307 e. The molecule has 1 aliphatic rings. The number of para-hydroxylation sites is 1. The molecule has 0 radical (unpaired) electrons. The monoisotopic (exact) mass is 224 g/mol. The van der Waals surface area contributed by atoms with Gasteiger partial charge >= 0.3 is 0 Å². The average Bonchev–Trinajstić information content (AvgIpc) is 2.64. The number of hydrogen-bond donors (Lipinski definition) is 1. The van der Waals surface area contributed by atoms with Gasteiger partial charge in [-0.3, -0.25) is 9.69 Å². The van der Waals surface area contributed by atoms with Gasteiger partial charge in [0, 0.05) is 16.8 Å². The zero-order valence-electron chi connectivity index (χ0n) is 9.21. The lowest BCUT2D eigenvalue weighted by Gasteiger charge is -2.21. The summed E-state index contributed by atoms with van der Waals surface area (Å²) in [4.78, 5) is 13.9. The Bertz CT molecular complexity index is 565. The number of hydrogen-bond acceptors (Lipinski definition) is 2. The molecule has 0 aliphatic carbocycles. The lowest BCUT2D eigenvalue weighted by atomic mass is 10.1. The summed E-state index contributed by atoms with van der Waals surface area (Å²) in [7, 11) is 0. The lowest BCUT2D eigenvalue weighted by molar-refractivity contribution is 0.0991. The number of fused-ring (bicyclic) bond motifs is 1. The zero-order chi connectivity index (χ0) is 11.8. The van der Waals surface area contributed by atoms with Crippen LogP contribution in [0.15, 0.2) is 54.6 Å². The van der Waals surface area contributed by atoms with E-state index in [9.17, 15) is 4.79 Å². The molecule has 2 aromatic rings. The summed E-state index contributed by atoms with van der Waals surface area (Å²) < 4.78 is 0. The highest BCUT2D eigenvalue weighted by molar-refractivity contribution is 6.10. The Morgan fingerprint density at radius 2 is 1.59 bits per heavy atom. The molecule has 0 saturated heterocycles. The number of rotatable bonds is 1. The Hall–Kier alpha value is -2.13. The highest BCUT2D eigenvalue weighted by Gasteiger charge is 2.34. The van der Waals surface area contributed by atoms with Crippen LogP contribution >= 0.6 is 0 Å². The third-order valence-corrected chi connectivity index (χ3v) is 3.04. The maximum absolute atomic E-state index is 12.3. The predicted octanol–water partition coefficient (Wildman–Crippen LogP) is 2.30. The summed E-state index contributed by atoms with van der Waals surface area (Å²) in [5.74, 6) is -0.0284. The molecule has 0 aromatic heterocycles. The van der Waals surface area contributed by atoms with Crippen molar-refractivity contribution in [3.8, 4) is 0 Å². The smallest absolute Gasteiger partial charge is 0.260 e. The fourth-order valence-corrected chi connectivity index (χ4v) is 2.21. The molecule has 1 amide bonds. The van der Waals surface area contributed by atoms with Crippen LogP contribution in [0.3, 0.4) is 0 Å². The van der Waals surface area contributed by atoms with E-state index in [1.807, 2.05) is 54.6 Å². The minimum absolute atomic E-state index is 0.0284. The molecule has 0 saturated carbocycles. The van der Waals surface area contributed by atoms with Crippen molar-refractivity contribution in [2.24, 2.45) is 5.73 Å². The molecule has 2 aromatic carbocycles. The van der Waals surface area contributed by atoms with E-state index in [-0.39, 0.29) is 12.1 Å². The maximum atomic E-state index is 12.3. The van der Waals surface area contributed by atoms with Crippen molar-refractivity contribution in [3.05, 3.63) is 65.7 Å². The Kier molecular flexibility index (Phi) is 2.20. The van der Waals surface area contributed by atoms with Gasteiger partial charge in [-0.05, 0) is 18.2 Å². The molecule has 1 unspecified atom stereocenters. The van der Waals surface area contributed by atoms with Crippen molar-refractivity contribution in [2.45, 2.75) is 6.17 Å². The summed E-state index contributed by atoms with van der Waals surface area (Å²) in [6.07, 6.45) is -0.388. The molecule has 0 spiro atoms. The predicted molar refractivity (Wildman–Crippen MR) is 66.6 cm³/mol. The summed E-state index contributed by atoms with van der Waals surface area (Å²) in [5, 5.41) is 0. The van der Waals surface area contributed by atoms with Crippen molar-refractivity contribution >= 4 is 11.6 Å². The van der Waals surface area contributed by atoms with Gasteiger partial charge in [-0.2, -0.15) is 0 Å². The number of amides is 1. The standard InChI is InChI=1S/C14H12N2O/c15-13-11-8-4-5-9-12(11)14(17)16(13)10-6-2-1-3-7-10/h1-9,13H,15H2. The van der Waals surface area contributed by atoms with Gasteiger partial charge in [0.1, 0.15) is 6.17 Å². The van der Waals surface area contributed by atoms with Gasteiger partial charge in [0.2, 0.25) is 0 Å². The number of anilines is 1. The molecular formula is C14H12N2O. The van der Waals surface area contributed by atoms with Crippen LogP contribution in [-0.2, 0) is 0 Å². The van der Waals surface area contributed by atoms with Gasteiger partial charge in [0.25, 0.3) is 5.91 Å². The van der Waals surface area contributed by atoms with Crippen LogP contribution < -0.4 is 10.6 Å². The Labute approximate surface area is 99.5 Å². The number of carbonyl (C=O) groups excluding carboxylic acids is 1. The van der Waals surface area contributed by atoms with Gasteiger partial charge in [-0.15, -0.1) is 0 Å². The molecule has 2 N–H and O–H groups in total. The van der Waals surface area contributed by atoms with E-state index in [1.165, 1.54) is 0 Å². The Balaban J connectivity index is 2.10. The van der Waals surface area contributed by atoms with Crippen LogP contribution in [0, 0.1) is 0 Å². The summed E-state index contributed by atoms with van der Waals surface area (Å²) >= 11 is 0. The van der Waals surface area contributed by atoms with Gasteiger partial charge < -0.3 is 5.73 Å². The third-order valence-electron chi connectivity index (χ3n) is 3.04. The van der Waals surface area contributed by atoms with Crippen molar-refractivity contribution in [1.29, 1.82) is 0 Å².